The van der Waals surface area contributed by atoms with Gasteiger partial charge in [0.05, 0.1) is 0 Å². The van der Waals surface area contributed by atoms with Gasteiger partial charge in [0.1, 0.15) is 5.75 Å². The summed E-state index contributed by atoms with van der Waals surface area (Å²) >= 11 is 1.14. The fraction of sp³-hybridized carbons (Fsp3) is 0.222. The second-order valence-corrected chi connectivity index (χ2v) is 6.10. The molecule has 2 nitrogen and oxygen atoms in total. The molecule has 0 aliphatic heterocycles. The molecule has 2 radical (unpaired) electrons. The topological polar surface area (TPSA) is 35.2 Å². The van der Waals surface area contributed by atoms with Gasteiger partial charge in [0, 0.05) is 16.2 Å². The molecule has 0 aromatic heterocycles. The van der Waals surface area contributed by atoms with E-state index in [9.17, 15) is 13.2 Å². The van der Waals surface area contributed by atoms with Crippen LogP contribution in [0, 0.1) is 0 Å². The molecule has 0 aliphatic carbocycles. The summed E-state index contributed by atoms with van der Waals surface area (Å²) < 4.78 is 40.6. The third-order valence-corrected chi connectivity index (χ3v) is 4.56. The van der Waals surface area contributed by atoms with Gasteiger partial charge in [-0.05, 0) is 48.7 Å². The van der Waals surface area contributed by atoms with E-state index >= 15 is 0 Å². The number of hydrogen-bond acceptors (Lipinski definition) is 3. The van der Waals surface area contributed by atoms with Crippen LogP contribution in [0.1, 0.15) is 25.8 Å². The minimum atomic E-state index is -4.70. The molecule has 0 fully saturated rings. The van der Waals surface area contributed by atoms with Crippen LogP contribution in [0.4, 0.5) is 18.9 Å². The molecule has 0 aliphatic rings. The van der Waals surface area contributed by atoms with Gasteiger partial charge in [0.2, 0.25) is 0 Å². The minimum Gasteiger partial charge on any atom is -0.406 e. The summed E-state index contributed by atoms with van der Waals surface area (Å²) in [5.41, 5.74) is 10.2. The average Bonchev–Trinajstić information content (AvgIpc) is 2.56. The van der Waals surface area contributed by atoms with Crippen molar-refractivity contribution in [1.29, 1.82) is 0 Å². The molecule has 0 atom stereocenters. The van der Waals surface area contributed by atoms with Gasteiger partial charge in [-0.1, -0.05) is 30.7 Å². The van der Waals surface area contributed by atoms with E-state index in [1.165, 1.54) is 12.1 Å². The van der Waals surface area contributed by atoms with Crippen molar-refractivity contribution in [2.75, 3.05) is 5.73 Å². The molecule has 2 aromatic carbocycles. The Hall–Kier alpha value is -2.02. The lowest BCUT2D eigenvalue weighted by atomic mass is 10.00. The van der Waals surface area contributed by atoms with E-state index in [4.69, 9.17) is 12.9 Å². The Bertz CT molecular complexity index is 773. The Labute approximate surface area is 150 Å². The summed E-state index contributed by atoms with van der Waals surface area (Å²) in [5, 5.41) is 0. The molecule has 7 heteroatoms. The van der Waals surface area contributed by atoms with E-state index < -0.39 is 6.36 Å². The highest BCUT2D eigenvalue weighted by molar-refractivity contribution is 8.27. The summed E-state index contributed by atoms with van der Waals surface area (Å²) in [7, 11) is 5.80. The lowest BCUT2D eigenvalue weighted by Crippen LogP contribution is -2.16. The quantitative estimate of drug-likeness (QED) is 0.539. The van der Waals surface area contributed by atoms with Gasteiger partial charge < -0.3 is 10.5 Å². The van der Waals surface area contributed by atoms with Crippen LogP contribution in [0.3, 0.4) is 0 Å². The van der Waals surface area contributed by atoms with E-state index in [0.29, 0.717) is 5.69 Å². The number of hydrogen-bond donors (Lipinski definition) is 1. The number of nitrogens with two attached hydrogens (primary N) is 1. The summed E-state index contributed by atoms with van der Waals surface area (Å²) in [5.74, 6) is -0.258. The molecular formula is C18H17BF3NOS. The number of rotatable bonds is 5. The molecule has 2 aromatic rings. The normalized spacial score (nSPS) is 12.7. The summed E-state index contributed by atoms with van der Waals surface area (Å²) in [4.78, 5) is 0.902. The number of benzene rings is 2. The first-order chi connectivity index (χ1) is 11.7. The van der Waals surface area contributed by atoms with Gasteiger partial charge in [0.15, 0.2) is 7.12 Å². The molecule has 0 amide bonds. The van der Waals surface area contributed by atoms with Gasteiger partial charge >= 0.3 is 6.36 Å². The number of halogens is 3. The molecule has 130 valence electrons. The maximum atomic E-state index is 12.2. The van der Waals surface area contributed by atoms with Crippen LogP contribution in [0.15, 0.2) is 48.0 Å². The van der Waals surface area contributed by atoms with Crippen LogP contribution in [0.2, 0.25) is 0 Å². The van der Waals surface area contributed by atoms with Crippen LogP contribution in [0.25, 0.3) is 16.0 Å². The van der Waals surface area contributed by atoms with Crippen molar-refractivity contribution in [2.24, 2.45) is 0 Å². The number of nitrogen functional groups attached to an aromatic ring is 1. The van der Waals surface area contributed by atoms with Crippen molar-refractivity contribution >= 4 is 29.3 Å². The summed E-state index contributed by atoms with van der Waals surface area (Å²) in [6.07, 6.45) is -3.86. The fourth-order valence-electron chi connectivity index (χ4n) is 2.34. The Kier molecular flexibility index (Phi) is 6.11. The third kappa shape index (κ3) is 4.98. The minimum absolute atomic E-state index is 0.258. The number of anilines is 1. The Morgan fingerprint density at radius 3 is 2.24 bits per heavy atom. The van der Waals surface area contributed by atoms with Crippen LogP contribution in [-0.4, -0.2) is 13.5 Å². The highest BCUT2D eigenvalue weighted by Crippen LogP contribution is 2.36. The van der Waals surface area contributed by atoms with Gasteiger partial charge in [-0.3, -0.25) is 0 Å². The van der Waals surface area contributed by atoms with Crippen molar-refractivity contribution in [3.8, 4) is 16.9 Å². The summed E-state index contributed by atoms with van der Waals surface area (Å²) in [6.45, 7) is 4.02. The van der Waals surface area contributed by atoms with Crippen LogP contribution < -0.4 is 10.5 Å². The van der Waals surface area contributed by atoms with E-state index in [1.54, 1.807) is 18.2 Å². The second kappa shape index (κ2) is 7.91. The number of allylic oxidation sites excluding steroid dienone is 1. The predicted octanol–water partition coefficient (Wildman–Crippen LogP) is 5.79. The van der Waals surface area contributed by atoms with E-state index in [2.05, 4.69) is 4.74 Å². The first-order valence-corrected chi connectivity index (χ1v) is 8.45. The number of ether oxygens (including phenoxy) is 1. The van der Waals surface area contributed by atoms with E-state index in [0.717, 1.165) is 45.2 Å². The van der Waals surface area contributed by atoms with Crippen LogP contribution >= 0.6 is 11.6 Å². The third-order valence-electron chi connectivity index (χ3n) is 3.75. The standard InChI is InChI=1S/C18H17BF3NOS/c1-3-11(2)17(25-19)15-10-13(6-9-16(15)23)12-4-7-14(8-5-12)24-18(20,21)22/h4-10H,3,23H2,1-2H3. The van der Waals surface area contributed by atoms with Crippen LogP contribution in [0.5, 0.6) is 5.75 Å². The zero-order valence-electron chi connectivity index (χ0n) is 13.9. The molecule has 2 N–H and O–H groups in total. The molecule has 0 spiro atoms. The smallest absolute Gasteiger partial charge is 0.406 e. The largest absolute Gasteiger partial charge is 0.573 e. The first-order valence-electron chi connectivity index (χ1n) is 7.57. The van der Waals surface area contributed by atoms with Crippen molar-refractivity contribution in [2.45, 2.75) is 26.6 Å². The first kappa shape index (κ1) is 19.3. The highest BCUT2D eigenvalue weighted by Gasteiger charge is 2.30. The summed E-state index contributed by atoms with van der Waals surface area (Å²) in [6, 6.07) is 11.2. The molecule has 0 unspecified atom stereocenters. The van der Waals surface area contributed by atoms with Crippen molar-refractivity contribution in [3.63, 3.8) is 0 Å². The Morgan fingerprint density at radius 2 is 1.72 bits per heavy atom. The average molecular weight is 363 g/mol. The highest BCUT2D eigenvalue weighted by atomic mass is 32.2. The van der Waals surface area contributed by atoms with Crippen molar-refractivity contribution < 1.29 is 17.9 Å². The molecule has 0 bridgehead atoms. The van der Waals surface area contributed by atoms with Gasteiger partial charge in [-0.25, -0.2) is 0 Å². The second-order valence-electron chi connectivity index (χ2n) is 5.46. The maximum Gasteiger partial charge on any atom is 0.573 e. The Morgan fingerprint density at radius 1 is 1.12 bits per heavy atom. The molecule has 2 rings (SSSR count). The van der Waals surface area contributed by atoms with Crippen molar-refractivity contribution in [1.82, 2.24) is 0 Å². The maximum absolute atomic E-state index is 12.2. The Balaban J connectivity index is 2.40. The predicted molar refractivity (Wildman–Crippen MR) is 99.2 cm³/mol. The SMILES string of the molecule is [B]SC(=C(C)CC)c1cc(-c2ccc(OC(F)(F)F)cc2)ccc1N. The van der Waals surface area contributed by atoms with Gasteiger partial charge in [-0.15, -0.1) is 13.2 Å². The van der Waals surface area contributed by atoms with Gasteiger partial charge in [0.25, 0.3) is 0 Å². The van der Waals surface area contributed by atoms with E-state index in [1.807, 2.05) is 26.0 Å². The molecular weight excluding hydrogens is 346 g/mol. The molecule has 0 heterocycles. The number of alkyl halides is 3. The zero-order valence-corrected chi connectivity index (χ0v) is 14.7. The fourth-order valence-corrected chi connectivity index (χ4v) is 2.99. The molecule has 0 saturated heterocycles. The monoisotopic (exact) mass is 363 g/mol. The molecule has 25 heavy (non-hydrogen) atoms. The lowest BCUT2D eigenvalue weighted by Gasteiger charge is -2.14. The lowest BCUT2D eigenvalue weighted by molar-refractivity contribution is -0.274. The van der Waals surface area contributed by atoms with Crippen molar-refractivity contribution in [3.05, 3.63) is 53.6 Å². The molecule has 0 saturated carbocycles. The van der Waals surface area contributed by atoms with Crippen LogP contribution in [-0.2, 0) is 0 Å². The zero-order chi connectivity index (χ0) is 18.6. The van der Waals surface area contributed by atoms with Gasteiger partial charge in [-0.2, -0.15) is 11.6 Å². The van der Waals surface area contributed by atoms with E-state index in [-0.39, 0.29) is 5.75 Å².